The molecule has 2 rings (SSSR count). The second kappa shape index (κ2) is 5.96. The second-order valence-electron chi connectivity index (χ2n) is 4.61. The number of anilines is 1. The molecule has 20 heavy (non-hydrogen) atoms. The van der Waals surface area contributed by atoms with Crippen molar-refractivity contribution in [3.63, 3.8) is 0 Å². The molecule has 6 heteroatoms. The van der Waals surface area contributed by atoms with E-state index in [9.17, 15) is 4.79 Å². The Balaban J connectivity index is 2.26. The van der Waals surface area contributed by atoms with Crippen LogP contribution in [0.4, 0.5) is 5.69 Å². The summed E-state index contributed by atoms with van der Waals surface area (Å²) in [6.45, 7) is 2.38. The third-order valence-corrected chi connectivity index (χ3v) is 3.47. The highest BCUT2D eigenvalue weighted by atomic mass is 35.5. The molecule has 0 atom stereocenters. The molecule has 0 aliphatic rings. The molecule has 0 saturated heterocycles. The lowest BCUT2D eigenvalue weighted by atomic mass is 10.2. The molecule has 0 spiro atoms. The van der Waals surface area contributed by atoms with Crippen LogP contribution in [0.25, 0.3) is 0 Å². The lowest BCUT2D eigenvalue weighted by molar-refractivity contribution is -0.135. The number of hydrogen-bond donors (Lipinski definition) is 1. The molecule has 1 aromatic carbocycles. The van der Waals surface area contributed by atoms with Crippen molar-refractivity contribution in [2.45, 2.75) is 13.5 Å². The Morgan fingerprint density at radius 2 is 2.05 bits per heavy atom. The molecule has 0 aliphatic carbocycles. The van der Waals surface area contributed by atoms with Gasteiger partial charge < -0.3 is 10.0 Å². The zero-order chi connectivity index (χ0) is 14.7. The topological polar surface area (TPSA) is 58.4 Å². The molecule has 1 heterocycles. The van der Waals surface area contributed by atoms with Gasteiger partial charge in [0, 0.05) is 35.6 Å². The maximum Gasteiger partial charge on any atom is 0.323 e. The number of aliphatic carboxylic acids is 1. The van der Waals surface area contributed by atoms with Crippen LogP contribution in [0.3, 0.4) is 0 Å². The van der Waals surface area contributed by atoms with Crippen molar-refractivity contribution in [2.24, 2.45) is 7.05 Å². The van der Waals surface area contributed by atoms with E-state index >= 15 is 0 Å². The van der Waals surface area contributed by atoms with Crippen molar-refractivity contribution in [2.75, 3.05) is 11.4 Å². The first-order chi connectivity index (χ1) is 9.47. The minimum absolute atomic E-state index is 0.0734. The van der Waals surface area contributed by atoms with Gasteiger partial charge in [-0.15, -0.1) is 0 Å². The molecule has 1 aromatic heterocycles. The summed E-state index contributed by atoms with van der Waals surface area (Å²) >= 11 is 5.86. The Morgan fingerprint density at radius 3 is 2.55 bits per heavy atom. The number of aryl methyl sites for hydroxylation is 1. The lowest BCUT2D eigenvalue weighted by Gasteiger charge is -2.22. The van der Waals surface area contributed by atoms with Crippen molar-refractivity contribution < 1.29 is 9.90 Å². The Hall–Kier alpha value is -2.01. The first-order valence-corrected chi connectivity index (χ1v) is 6.55. The van der Waals surface area contributed by atoms with Gasteiger partial charge in [-0.25, -0.2) is 0 Å². The fraction of sp³-hybridized carbons (Fsp3) is 0.286. The van der Waals surface area contributed by atoms with Gasteiger partial charge in [0.15, 0.2) is 0 Å². The zero-order valence-electron chi connectivity index (χ0n) is 11.4. The fourth-order valence-corrected chi connectivity index (χ4v) is 2.08. The fourth-order valence-electron chi connectivity index (χ4n) is 1.96. The van der Waals surface area contributed by atoms with Crippen molar-refractivity contribution in [1.82, 2.24) is 9.78 Å². The number of nitrogens with zero attached hydrogens (tertiary/aromatic N) is 3. The molecule has 0 unspecified atom stereocenters. The van der Waals surface area contributed by atoms with Crippen LogP contribution < -0.4 is 4.90 Å². The maximum atomic E-state index is 11.0. The number of rotatable bonds is 5. The third-order valence-electron chi connectivity index (χ3n) is 3.22. The molecular formula is C14H16ClN3O2. The molecule has 1 N–H and O–H groups in total. The third kappa shape index (κ3) is 3.30. The molecule has 0 bridgehead atoms. The van der Waals surface area contributed by atoms with E-state index in [1.807, 2.05) is 26.1 Å². The highest BCUT2D eigenvalue weighted by molar-refractivity contribution is 6.30. The maximum absolute atomic E-state index is 11.0. The monoisotopic (exact) mass is 293 g/mol. The number of carboxylic acid groups (broad SMARTS) is 1. The number of aromatic nitrogens is 2. The lowest BCUT2D eigenvalue weighted by Crippen LogP contribution is -2.29. The summed E-state index contributed by atoms with van der Waals surface area (Å²) in [5.74, 6) is -0.874. The van der Waals surface area contributed by atoms with Crippen molar-refractivity contribution >= 4 is 23.3 Å². The van der Waals surface area contributed by atoms with E-state index in [0.717, 1.165) is 16.9 Å². The van der Waals surface area contributed by atoms with Crippen LogP contribution in [-0.2, 0) is 18.4 Å². The van der Waals surface area contributed by atoms with Crippen LogP contribution in [0.2, 0.25) is 5.02 Å². The molecule has 5 nitrogen and oxygen atoms in total. The molecule has 0 radical (unpaired) electrons. The predicted octanol–water partition coefficient (Wildman–Crippen LogP) is 2.47. The van der Waals surface area contributed by atoms with Gasteiger partial charge in [0.25, 0.3) is 0 Å². The van der Waals surface area contributed by atoms with Crippen molar-refractivity contribution in [3.8, 4) is 0 Å². The largest absolute Gasteiger partial charge is 0.480 e. The van der Waals surface area contributed by atoms with E-state index in [4.69, 9.17) is 16.7 Å². The average Bonchev–Trinajstić information content (AvgIpc) is 2.70. The van der Waals surface area contributed by atoms with E-state index in [-0.39, 0.29) is 6.54 Å². The first-order valence-electron chi connectivity index (χ1n) is 6.17. The summed E-state index contributed by atoms with van der Waals surface area (Å²) in [7, 11) is 1.86. The predicted molar refractivity (Wildman–Crippen MR) is 78.1 cm³/mol. The van der Waals surface area contributed by atoms with E-state index in [2.05, 4.69) is 5.10 Å². The summed E-state index contributed by atoms with van der Waals surface area (Å²) in [5, 5.41) is 13.9. The molecule has 0 amide bonds. The SMILES string of the molecule is Cc1c(CN(CC(=O)O)c2ccc(Cl)cc2)cnn1C. The van der Waals surface area contributed by atoms with Crippen molar-refractivity contribution in [3.05, 3.63) is 46.7 Å². The number of carbonyl (C=O) groups is 1. The molecule has 0 fully saturated rings. The highest BCUT2D eigenvalue weighted by Gasteiger charge is 2.14. The Bertz CT molecular complexity index is 607. The van der Waals surface area contributed by atoms with Gasteiger partial charge in [0.1, 0.15) is 6.54 Å². The number of halogens is 1. The van der Waals surface area contributed by atoms with Gasteiger partial charge in [0.2, 0.25) is 0 Å². The minimum Gasteiger partial charge on any atom is -0.480 e. The summed E-state index contributed by atoms with van der Waals surface area (Å²) in [6.07, 6.45) is 1.76. The van der Waals surface area contributed by atoms with E-state index in [1.54, 1.807) is 27.9 Å². The normalized spacial score (nSPS) is 10.6. The number of hydrogen-bond acceptors (Lipinski definition) is 3. The molecule has 0 aliphatic heterocycles. The second-order valence-corrected chi connectivity index (χ2v) is 5.04. The van der Waals surface area contributed by atoms with E-state index < -0.39 is 5.97 Å². The molecule has 106 valence electrons. The number of carboxylic acids is 1. The quantitative estimate of drug-likeness (QED) is 0.920. The van der Waals surface area contributed by atoms with Gasteiger partial charge in [0.05, 0.1) is 6.20 Å². The van der Waals surface area contributed by atoms with E-state index in [1.165, 1.54) is 0 Å². The summed E-state index contributed by atoms with van der Waals surface area (Å²) < 4.78 is 1.77. The smallest absolute Gasteiger partial charge is 0.323 e. The Morgan fingerprint density at radius 1 is 1.40 bits per heavy atom. The minimum atomic E-state index is -0.874. The Labute approximate surface area is 122 Å². The van der Waals surface area contributed by atoms with Crippen LogP contribution in [0.15, 0.2) is 30.5 Å². The van der Waals surface area contributed by atoms with Crippen LogP contribution in [0.1, 0.15) is 11.3 Å². The van der Waals surface area contributed by atoms with E-state index in [0.29, 0.717) is 11.6 Å². The zero-order valence-corrected chi connectivity index (χ0v) is 12.1. The summed E-state index contributed by atoms with van der Waals surface area (Å²) in [5.41, 5.74) is 2.85. The molecular weight excluding hydrogens is 278 g/mol. The molecule has 0 saturated carbocycles. The van der Waals surface area contributed by atoms with Gasteiger partial charge in [-0.1, -0.05) is 11.6 Å². The molecule has 2 aromatic rings. The summed E-state index contributed by atoms with van der Waals surface area (Å²) in [4.78, 5) is 12.8. The van der Waals surface area contributed by atoms with Crippen LogP contribution in [0.5, 0.6) is 0 Å². The standard InChI is InChI=1S/C14H16ClN3O2/c1-10-11(7-16-17(10)2)8-18(9-14(19)20)13-5-3-12(15)4-6-13/h3-7H,8-9H2,1-2H3,(H,19,20). The van der Waals surface area contributed by atoms with Gasteiger partial charge in [-0.2, -0.15) is 5.10 Å². The highest BCUT2D eigenvalue weighted by Crippen LogP contribution is 2.21. The summed E-state index contributed by atoms with van der Waals surface area (Å²) in [6, 6.07) is 7.14. The first kappa shape index (κ1) is 14.4. The van der Waals surface area contributed by atoms with Gasteiger partial charge >= 0.3 is 5.97 Å². The average molecular weight is 294 g/mol. The Kier molecular flexibility index (Phi) is 4.29. The van der Waals surface area contributed by atoms with Gasteiger partial charge in [-0.3, -0.25) is 9.48 Å². The van der Waals surface area contributed by atoms with Crippen LogP contribution in [0, 0.1) is 6.92 Å². The number of benzene rings is 1. The van der Waals surface area contributed by atoms with Crippen LogP contribution in [-0.4, -0.2) is 27.4 Å². The van der Waals surface area contributed by atoms with Crippen molar-refractivity contribution in [1.29, 1.82) is 0 Å². The van der Waals surface area contributed by atoms with Crippen LogP contribution >= 0.6 is 11.6 Å². The van der Waals surface area contributed by atoms with Gasteiger partial charge in [-0.05, 0) is 31.2 Å².